The molecule has 3 unspecified atom stereocenters. The van der Waals surface area contributed by atoms with E-state index < -0.39 is 57.8 Å². The summed E-state index contributed by atoms with van der Waals surface area (Å²) in [5, 5.41) is 9.86. The van der Waals surface area contributed by atoms with Crippen molar-refractivity contribution in [2.75, 3.05) is 26.4 Å². The van der Waals surface area contributed by atoms with Crippen molar-refractivity contribution in [1.82, 2.24) is 0 Å². The highest BCUT2D eigenvalue weighted by Gasteiger charge is 2.28. The topological polar surface area (TPSA) is 155 Å². The van der Waals surface area contributed by atoms with Crippen LogP contribution in [-0.4, -0.2) is 66.5 Å². The molecule has 12 heteroatoms. The summed E-state index contributed by atoms with van der Waals surface area (Å²) in [5.74, 6) is -1.46. The predicted molar refractivity (Wildman–Crippen MR) is 335 cm³/mol. The van der Waals surface area contributed by atoms with Crippen LogP contribution in [0.25, 0.3) is 0 Å². The first-order valence-corrected chi connectivity index (χ1v) is 34.7. The van der Waals surface area contributed by atoms with Gasteiger partial charge in [0.1, 0.15) is 12.7 Å². The molecule has 0 rings (SSSR count). The third-order valence-electron chi connectivity index (χ3n) is 14.4. The lowest BCUT2D eigenvalue weighted by Crippen LogP contribution is -2.30. The smallest absolute Gasteiger partial charge is 0.462 e. The summed E-state index contributed by atoms with van der Waals surface area (Å²) in [6.45, 7) is 4.56. The first-order chi connectivity index (χ1) is 39.2. The van der Waals surface area contributed by atoms with Crippen molar-refractivity contribution < 1.29 is 52.2 Å². The summed E-state index contributed by atoms with van der Waals surface area (Å²) in [7, 11) is -4.76. The van der Waals surface area contributed by atoms with Crippen molar-refractivity contribution in [1.29, 1.82) is 0 Å². The minimum absolute atomic E-state index is 0.157. The zero-order chi connectivity index (χ0) is 58.3. The monoisotopic (exact) mass is 1150 g/mol. The number of carbonyl (C=O) groups is 3. The van der Waals surface area contributed by atoms with Crippen LogP contribution in [0.15, 0.2) is 60.8 Å². The van der Waals surface area contributed by atoms with Crippen LogP contribution in [0, 0.1) is 0 Å². The molecule has 80 heavy (non-hydrogen) atoms. The normalized spacial score (nSPS) is 13.6. The Bertz CT molecular complexity index is 1570. The maximum atomic E-state index is 13.0. The molecule has 0 aromatic heterocycles. The summed E-state index contributed by atoms with van der Waals surface area (Å²) in [6.07, 6.45) is 70.2. The van der Waals surface area contributed by atoms with E-state index >= 15 is 0 Å². The van der Waals surface area contributed by atoms with Crippen molar-refractivity contribution in [3.8, 4) is 0 Å². The lowest BCUT2D eigenvalue weighted by Gasteiger charge is -2.21. The van der Waals surface area contributed by atoms with Gasteiger partial charge in [0.25, 0.3) is 0 Å². The van der Waals surface area contributed by atoms with Crippen molar-refractivity contribution >= 4 is 25.7 Å². The molecule has 0 aliphatic rings. The lowest BCUT2D eigenvalue weighted by atomic mass is 10.0. The summed E-state index contributed by atoms with van der Waals surface area (Å²) in [4.78, 5) is 48.8. The van der Waals surface area contributed by atoms with Crippen molar-refractivity contribution in [2.24, 2.45) is 0 Å². The predicted octanol–water partition coefficient (Wildman–Crippen LogP) is 20.3. The van der Waals surface area contributed by atoms with Crippen LogP contribution >= 0.6 is 7.82 Å². The minimum atomic E-state index is -4.76. The zero-order valence-corrected chi connectivity index (χ0v) is 52.7. The van der Waals surface area contributed by atoms with Crippen LogP contribution in [0.1, 0.15) is 316 Å². The van der Waals surface area contributed by atoms with Crippen molar-refractivity contribution in [2.45, 2.75) is 328 Å². The van der Waals surface area contributed by atoms with Gasteiger partial charge in [0.05, 0.1) is 19.8 Å². The summed E-state index contributed by atoms with van der Waals surface area (Å²) in [6, 6.07) is 0. The average molecular weight is 1150 g/mol. The van der Waals surface area contributed by atoms with Gasteiger partial charge in [-0.3, -0.25) is 23.4 Å². The Morgan fingerprint density at radius 3 is 1.02 bits per heavy atom. The highest BCUT2D eigenvalue weighted by Crippen LogP contribution is 2.43. The fourth-order valence-corrected chi connectivity index (χ4v) is 10.2. The first-order valence-electron chi connectivity index (χ1n) is 33.2. The number of allylic oxidation sites excluding steroid dienone is 10. The number of ether oxygens (including phenoxy) is 3. The van der Waals surface area contributed by atoms with Crippen molar-refractivity contribution in [3.05, 3.63) is 60.8 Å². The Morgan fingerprint density at radius 2 is 0.650 bits per heavy atom. The Kier molecular flexibility index (Phi) is 60.0. The molecule has 0 fully saturated rings. The van der Waals surface area contributed by atoms with Gasteiger partial charge in [0, 0.05) is 19.3 Å². The number of unbranched alkanes of at least 4 members (excludes halogenated alkanes) is 35. The van der Waals surface area contributed by atoms with Crippen LogP contribution in [0.2, 0.25) is 0 Å². The molecule has 3 atom stereocenters. The summed E-state index contributed by atoms with van der Waals surface area (Å²) < 4.78 is 39.7. The summed E-state index contributed by atoms with van der Waals surface area (Å²) in [5.41, 5.74) is 0. The van der Waals surface area contributed by atoms with Gasteiger partial charge in [-0.25, -0.2) is 4.57 Å². The molecule has 0 spiro atoms. The molecular weight excluding hydrogens is 1020 g/mol. The van der Waals surface area contributed by atoms with Gasteiger partial charge in [-0.2, -0.15) is 0 Å². The second-order valence-electron chi connectivity index (χ2n) is 22.3. The molecule has 0 amide bonds. The van der Waals surface area contributed by atoms with Crippen molar-refractivity contribution in [3.63, 3.8) is 0 Å². The number of hydrogen-bond donors (Lipinski definition) is 2. The largest absolute Gasteiger partial charge is 0.472 e. The molecule has 11 nitrogen and oxygen atoms in total. The molecule has 0 bridgehead atoms. The lowest BCUT2D eigenvalue weighted by molar-refractivity contribution is -0.161. The quantitative estimate of drug-likeness (QED) is 0.0197. The third-order valence-corrected chi connectivity index (χ3v) is 15.4. The van der Waals surface area contributed by atoms with Gasteiger partial charge in [0.2, 0.25) is 0 Å². The maximum Gasteiger partial charge on any atom is 0.472 e. The highest BCUT2D eigenvalue weighted by molar-refractivity contribution is 7.47. The molecule has 0 saturated heterocycles. The zero-order valence-electron chi connectivity index (χ0n) is 51.8. The number of aliphatic hydroxyl groups is 1. The molecule has 0 saturated carbocycles. The van der Waals surface area contributed by atoms with E-state index in [2.05, 4.69) is 81.5 Å². The van der Waals surface area contributed by atoms with Gasteiger partial charge < -0.3 is 24.2 Å². The molecule has 0 radical (unpaired) electrons. The van der Waals surface area contributed by atoms with E-state index in [0.717, 1.165) is 116 Å². The Balaban J connectivity index is 4.67. The number of hydrogen-bond acceptors (Lipinski definition) is 10. The van der Waals surface area contributed by atoms with Crippen LogP contribution in [0.4, 0.5) is 0 Å². The second-order valence-corrected chi connectivity index (χ2v) is 23.7. The Hall–Kier alpha value is -2.82. The van der Waals surface area contributed by atoms with E-state index in [1.165, 1.54) is 141 Å². The Labute approximate surface area is 491 Å². The van der Waals surface area contributed by atoms with Gasteiger partial charge in [-0.1, -0.05) is 274 Å². The van der Waals surface area contributed by atoms with Crippen LogP contribution in [0.5, 0.6) is 0 Å². The number of phosphoric ester groups is 1. The summed E-state index contributed by atoms with van der Waals surface area (Å²) >= 11 is 0. The molecule has 2 N–H and O–H groups in total. The first kappa shape index (κ1) is 77.2. The molecule has 0 aliphatic heterocycles. The number of rotatable bonds is 62. The highest BCUT2D eigenvalue weighted by atomic mass is 31.2. The fourth-order valence-electron chi connectivity index (χ4n) is 9.40. The van der Waals surface area contributed by atoms with Crippen LogP contribution < -0.4 is 0 Å². The molecule has 0 aliphatic carbocycles. The van der Waals surface area contributed by atoms with E-state index in [1.807, 2.05) is 0 Å². The van der Waals surface area contributed by atoms with Crippen LogP contribution in [0.3, 0.4) is 0 Å². The third kappa shape index (κ3) is 59.8. The average Bonchev–Trinajstić information content (AvgIpc) is 3.45. The number of esters is 3. The number of aliphatic hydroxyl groups excluding tert-OH is 1. The number of phosphoric acid groups is 1. The van der Waals surface area contributed by atoms with Gasteiger partial charge in [0.15, 0.2) is 6.10 Å². The number of carbonyl (C=O) groups excluding carboxylic acids is 3. The van der Waals surface area contributed by atoms with Gasteiger partial charge in [-0.15, -0.1) is 0 Å². The van der Waals surface area contributed by atoms with Crippen LogP contribution in [-0.2, 0) is 42.2 Å². The van der Waals surface area contributed by atoms with E-state index in [9.17, 15) is 28.9 Å². The standard InChI is InChI=1S/C68H123O11P/c1-4-7-10-13-16-19-22-25-28-31-32-35-36-39-42-45-48-51-54-57-66(70)75-61-65(79-68(72)59-56-53-50-47-44-41-38-34-30-27-24-21-18-15-12-9-6-3)63-77-80(73,74)76-62-64(60-69)78-67(71)58-55-52-49-46-43-40-37-33-29-26-23-20-17-14-11-8-5-2/h9,12,17-18,20-21,26-27,29-30,64-65,69H,4-8,10-11,13-16,19,22-25,28,31-63H2,1-3H3,(H,73,74)/b12-9-,20-17-,21-18-,29-26-,30-27-. The van der Waals surface area contributed by atoms with Gasteiger partial charge >= 0.3 is 25.7 Å². The van der Waals surface area contributed by atoms with Gasteiger partial charge in [-0.05, 0) is 83.5 Å². The molecular formula is C68H123O11P. The van der Waals surface area contributed by atoms with E-state index in [4.69, 9.17) is 23.3 Å². The second kappa shape index (κ2) is 62.2. The maximum absolute atomic E-state index is 13.0. The minimum Gasteiger partial charge on any atom is -0.462 e. The van der Waals surface area contributed by atoms with E-state index in [1.54, 1.807) is 0 Å². The molecule has 0 heterocycles. The Morgan fingerprint density at radius 1 is 0.362 bits per heavy atom. The van der Waals surface area contributed by atoms with E-state index in [-0.39, 0.29) is 25.9 Å². The molecule has 0 aromatic carbocycles. The fraction of sp³-hybridized carbons (Fsp3) is 0.809. The molecule has 466 valence electrons. The van der Waals surface area contributed by atoms with E-state index in [0.29, 0.717) is 19.3 Å². The SMILES string of the molecule is CC/C=C\C/C=C\C/C=C\CCCCCCCCCC(=O)OC(COC(=O)CCCCCCCCCCCCCCCCCCCCC)COP(=O)(O)OCC(CO)OC(=O)CCCCCCCCC/C=C\C/C=C\CCCCC. The molecule has 0 aromatic rings.